The Morgan fingerprint density at radius 1 is 1.25 bits per heavy atom. The molecule has 0 aliphatic carbocycles. The highest BCUT2D eigenvalue weighted by Gasteiger charge is 2.08. The van der Waals surface area contributed by atoms with Crippen molar-refractivity contribution in [2.24, 2.45) is 0 Å². The zero-order chi connectivity index (χ0) is 14.4. The molecule has 0 aliphatic heterocycles. The van der Waals surface area contributed by atoms with E-state index in [2.05, 4.69) is 17.4 Å². The highest BCUT2D eigenvalue weighted by molar-refractivity contribution is 5.87. The van der Waals surface area contributed by atoms with Gasteiger partial charge in [-0.05, 0) is 23.8 Å². The fourth-order valence-corrected chi connectivity index (χ4v) is 2.20. The molecule has 0 aliphatic rings. The molecule has 4 nitrogen and oxygen atoms in total. The molecule has 0 unspecified atom stereocenters. The third-order valence-electron chi connectivity index (χ3n) is 3.11. The third kappa shape index (κ3) is 3.48. The van der Waals surface area contributed by atoms with Crippen LogP contribution in [0.5, 0.6) is 5.75 Å². The lowest BCUT2D eigenvalue weighted by Gasteiger charge is -2.14. The largest absolute Gasteiger partial charge is 0.494 e. The second-order valence-corrected chi connectivity index (χ2v) is 4.52. The minimum atomic E-state index is -0.791. The van der Waals surface area contributed by atoms with E-state index in [-0.39, 0.29) is 6.42 Å². The monoisotopic (exact) mass is 273 g/mol. The summed E-state index contributed by atoms with van der Waals surface area (Å²) in [6.45, 7) is 3.62. The van der Waals surface area contributed by atoms with Crippen LogP contribution in [0.1, 0.15) is 18.9 Å². The molecule has 0 fully saturated rings. The number of nitrogens with one attached hydrogen (secondary N) is 1. The van der Waals surface area contributed by atoms with E-state index in [0.717, 1.165) is 22.1 Å². The molecule has 0 aromatic heterocycles. The van der Waals surface area contributed by atoms with E-state index in [1.807, 2.05) is 31.2 Å². The summed E-state index contributed by atoms with van der Waals surface area (Å²) in [4.78, 5) is 10.5. The van der Waals surface area contributed by atoms with Crippen LogP contribution in [0.4, 0.5) is 0 Å². The summed E-state index contributed by atoms with van der Waals surface area (Å²) in [5, 5.41) is 14.1. The van der Waals surface area contributed by atoms with Crippen LogP contribution in [0.3, 0.4) is 0 Å². The van der Waals surface area contributed by atoms with Gasteiger partial charge in [-0.2, -0.15) is 0 Å². The number of ether oxygens (including phenoxy) is 1. The number of aliphatic carboxylic acids is 1. The van der Waals surface area contributed by atoms with Crippen LogP contribution in [-0.2, 0) is 11.3 Å². The predicted octanol–water partition coefficient (Wildman–Crippen LogP) is 2.80. The lowest BCUT2D eigenvalue weighted by molar-refractivity contribution is -0.136. The number of rotatable bonds is 7. The average molecular weight is 273 g/mol. The van der Waals surface area contributed by atoms with Crippen molar-refractivity contribution in [3.8, 4) is 5.75 Å². The summed E-state index contributed by atoms with van der Waals surface area (Å²) in [7, 11) is 0. The van der Waals surface area contributed by atoms with Crippen molar-refractivity contribution >= 4 is 16.7 Å². The Morgan fingerprint density at radius 2 is 2.05 bits per heavy atom. The van der Waals surface area contributed by atoms with Crippen molar-refractivity contribution in [2.45, 2.75) is 19.9 Å². The highest BCUT2D eigenvalue weighted by atomic mass is 16.5. The number of carboxylic acid groups (broad SMARTS) is 1. The SMILES string of the molecule is CCOc1ccc2ccccc2c1CNCCC(=O)O. The molecule has 4 heteroatoms. The number of fused-ring (bicyclic) bond motifs is 1. The molecule has 0 saturated heterocycles. The molecular formula is C16H19NO3. The zero-order valence-corrected chi connectivity index (χ0v) is 11.6. The van der Waals surface area contributed by atoms with Gasteiger partial charge in [0.05, 0.1) is 13.0 Å². The normalized spacial score (nSPS) is 10.7. The number of hydrogen-bond donors (Lipinski definition) is 2. The number of benzene rings is 2. The van der Waals surface area contributed by atoms with E-state index in [9.17, 15) is 4.79 Å². The summed E-state index contributed by atoms with van der Waals surface area (Å²) in [5.74, 6) is 0.0643. The molecule has 2 aromatic carbocycles. The van der Waals surface area contributed by atoms with Crippen LogP contribution in [0, 0.1) is 0 Å². The van der Waals surface area contributed by atoms with Gasteiger partial charge in [0.15, 0.2) is 0 Å². The number of hydrogen-bond acceptors (Lipinski definition) is 3. The third-order valence-corrected chi connectivity index (χ3v) is 3.11. The molecule has 0 spiro atoms. The van der Waals surface area contributed by atoms with Gasteiger partial charge >= 0.3 is 5.97 Å². The van der Waals surface area contributed by atoms with Crippen LogP contribution in [0.15, 0.2) is 36.4 Å². The second kappa shape index (κ2) is 6.91. The van der Waals surface area contributed by atoms with Crippen LogP contribution in [0.2, 0.25) is 0 Å². The Kier molecular flexibility index (Phi) is 4.96. The van der Waals surface area contributed by atoms with Crippen molar-refractivity contribution in [3.63, 3.8) is 0 Å². The van der Waals surface area contributed by atoms with E-state index in [0.29, 0.717) is 19.7 Å². The van der Waals surface area contributed by atoms with Gasteiger partial charge < -0.3 is 15.2 Å². The average Bonchev–Trinajstić information content (AvgIpc) is 2.45. The Balaban J connectivity index is 2.22. The molecule has 0 saturated carbocycles. The maximum absolute atomic E-state index is 10.5. The molecule has 106 valence electrons. The van der Waals surface area contributed by atoms with E-state index in [4.69, 9.17) is 9.84 Å². The smallest absolute Gasteiger partial charge is 0.304 e. The highest BCUT2D eigenvalue weighted by Crippen LogP contribution is 2.28. The first-order valence-corrected chi connectivity index (χ1v) is 6.78. The number of carbonyl (C=O) groups is 1. The van der Waals surface area contributed by atoms with Gasteiger partial charge in [-0.15, -0.1) is 0 Å². The van der Waals surface area contributed by atoms with Gasteiger partial charge in [0, 0.05) is 18.7 Å². The summed E-state index contributed by atoms with van der Waals surface area (Å²) in [5.41, 5.74) is 1.08. The van der Waals surface area contributed by atoms with Crippen molar-refractivity contribution < 1.29 is 14.6 Å². The second-order valence-electron chi connectivity index (χ2n) is 4.52. The predicted molar refractivity (Wildman–Crippen MR) is 79.1 cm³/mol. The first-order valence-electron chi connectivity index (χ1n) is 6.78. The fraction of sp³-hybridized carbons (Fsp3) is 0.312. The standard InChI is InChI=1S/C16H19NO3/c1-2-20-15-8-7-12-5-3-4-6-13(12)14(15)11-17-10-9-16(18)19/h3-8,17H,2,9-11H2,1H3,(H,18,19). The van der Waals surface area contributed by atoms with Crippen molar-refractivity contribution in [3.05, 3.63) is 42.0 Å². The van der Waals surface area contributed by atoms with Crippen molar-refractivity contribution in [1.82, 2.24) is 5.32 Å². The molecule has 0 atom stereocenters. The van der Waals surface area contributed by atoms with E-state index in [1.165, 1.54) is 0 Å². The van der Waals surface area contributed by atoms with E-state index < -0.39 is 5.97 Å². The van der Waals surface area contributed by atoms with Crippen LogP contribution < -0.4 is 10.1 Å². The molecule has 2 N–H and O–H groups in total. The van der Waals surface area contributed by atoms with Gasteiger partial charge in [-0.1, -0.05) is 30.3 Å². The Morgan fingerprint density at radius 3 is 2.80 bits per heavy atom. The van der Waals surface area contributed by atoms with Crippen molar-refractivity contribution in [1.29, 1.82) is 0 Å². The quantitative estimate of drug-likeness (QED) is 0.762. The van der Waals surface area contributed by atoms with Gasteiger partial charge in [-0.25, -0.2) is 0 Å². The maximum atomic E-state index is 10.5. The maximum Gasteiger partial charge on any atom is 0.304 e. The molecule has 2 rings (SSSR count). The lowest BCUT2D eigenvalue weighted by Crippen LogP contribution is -2.18. The Hall–Kier alpha value is -2.07. The fourth-order valence-electron chi connectivity index (χ4n) is 2.20. The minimum absolute atomic E-state index is 0.120. The van der Waals surface area contributed by atoms with E-state index in [1.54, 1.807) is 0 Å². The Bertz CT molecular complexity index is 595. The molecule has 0 bridgehead atoms. The van der Waals surface area contributed by atoms with Gasteiger partial charge in [-0.3, -0.25) is 4.79 Å². The summed E-state index contributed by atoms with van der Waals surface area (Å²) < 4.78 is 5.67. The molecule has 0 amide bonds. The van der Waals surface area contributed by atoms with E-state index >= 15 is 0 Å². The van der Waals surface area contributed by atoms with Gasteiger partial charge in [0.2, 0.25) is 0 Å². The lowest BCUT2D eigenvalue weighted by atomic mass is 10.0. The molecule has 0 radical (unpaired) electrons. The summed E-state index contributed by atoms with van der Waals surface area (Å²) in [6.07, 6.45) is 0.120. The van der Waals surface area contributed by atoms with Crippen molar-refractivity contribution in [2.75, 3.05) is 13.2 Å². The molecule has 20 heavy (non-hydrogen) atoms. The molecule has 0 heterocycles. The first kappa shape index (κ1) is 14.3. The van der Waals surface area contributed by atoms with Crippen LogP contribution in [-0.4, -0.2) is 24.2 Å². The zero-order valence-electron chi connectivity index (χ0n) is 11.6. The number of carboxylic acids is 1. The minimum Gasteiger partial charge on any atom is -0.494 e. The molecule has 2 aromatic rings. The van der Waals surface area contributed by atoms with Gasteiger partial charge in [0.1, 0.15) is 5.75 Å². The topological polar surface area (TPSA) is 58.6 Å². The van der Waals surface area contributed by atoms with Crippen LogP contribution in [0.25, 0.3) is 10.8 Å². The van der Waals surface area contributed by atoms with Crippen LogP contribution >= 0.6 is 0 Å². The Labute approximate surface area is 118 Å². The summed E-state index contributed by atoms with van der Waals surface area (Å²) >= 11 is 0. The first-order chi connectivity index (χ1) is 9.72. The van der Waals surface area contributed by atoms with Gasteiger partial charge in [0.25, 0.3) is 0 Å². The molecular weight excluding hydrogens is 254 g/mol. The summed E-state index contributed by atoms with van der Waals surface area (Å²) in [6, 6.07) is 12.1.